The lowest BCUT2D eigenvalue weighted by Gasteiger charge is -2.05. The zero-order chi connectivity index (χ0) is 13.9. The Labute approximate surface area is 120 Å². The number of benzene rings is 1. The Morgan fingerprint density at radius 2 is 2.20 bits per heavy atom. The maximum Gasteiger partial charge on any atom is 0.172 e. The van der Waals surface area contributed by atoms with Crippen LogP contribution in [0.4, 0.5) is 4.39 Å². The Hall–Kier alpha value is -2.01. The lowest BCUT2D eigenvalue weighted by Crippen LogP contribution is -1.91. The van der Waals surface area contributed by atoms with Crippen LogP contribution < -0.4 is 4.74 Å². The molecule has 0 N–H and O–H groups in total. The minimum atomic E-state index is -0.335. The Kier molecular flexibility index (Phi) is 3.60. The van der Waals surface area contributed by atoms with Crippen LogP contribution in [0.25, 0.3) is 5.52 Å². The van der Waals surface area contributed by atoms with E-state index in [1.54, 1.807) is 17.8 Å². The molecule has 2 aromatic heterocycles. The van der Waals surface area contributed by atoms with Crippen molar-refractivity contribution < 1.29 is 9.13 Å². The van der Waals surface area contributed by atoms with Crippen LogP contribution in [0.5, 0.6) is 5.75 Å². The average Bonchev–Trinajstić information content (AvgIpc) is 2.88. The summed E-state index contributed by atoms with van der Waals surface area (Å²) in [6, 6.07) is 11.0. The van der Waals surface area contributed by atoms with Crippen LogP contribution >= 0.6 is 11.8 Å². The summed E-state index contributed by atoms with van der Waals surface area (Å²) in [7, 11) is 1.46. The van der Waals surface area contributed by atoms with Crippen molar-refractivity contribution in [2.24, 2.45) is 0 Å². The van der Waals surface area contributed by atoms with Gasteiger partial charge in [0.25, 0.3) is 0 Å². The van der Waals surface area contributed by atoms with E-state index >= 15 is 0 Å². The largest absolute Gasteiger partial charge is 0.494 e. The first-order valence-electron chi connectivity index (χ1n) is 6.15. The summed E-state index contributed by atoms with van der Waals surface area (Å²) in [6.07, 6.45) is 3.80. The predicted molar refractivity (Wildman–Crippen MR) is 77.7 cm³/mol. The molecular formula is C15H13FN2OS. The van der Waals surface area contributed by atoms with Crippen molar-refractivity contribution in [1.82, 2.24) is 9.38 Å². The third kappa shape index (κ3) is 2.49. The molecule has 0 spiro atoms. The molecule has 3 aromatic rings. The van der Waals surface area contributed by atoms with Crippen molar-refractivity contribution in [3.8, 4) is 5.75 Å². The van der Waals surface area contributed by atoms with Gasteiger partial charge in [-0.25, -0.2) is 9.37 Å². The average molecular weight is 288 g/mol. The first-order chi connectivity index (χ1) is 9.78. The molecule has 0 aliphatic rings. The van der Waals surface area contributed by atoms with Crippen LogP contribution in [0.2, 0.25) is 0 Å². The Morgan fingerprint density at radius 1 is 1.30 bits per heavy atom. The second kappa shape index (κ2) is 5.54. The van der Waals surface area contributed by atoms with Crippen molar-refractivity contribution in [2.75, 3.05) is 7.11 Å². The number of ether oxygens (including phenoxy) is 1. The topological polar surface area (TPSA) is 26.5 Å². The number of aromatic nitrogens is 2. The molecule has 0 unspecified atom stereocenters. The number of hydrogen-bond donors (Lipinski definition) is 0. The van der Waals surface area contributed by atoms with Crippen LogP contribution in [0, 0.1) is 5.82 Å². The standard InChI is InChI=1S/C15H13FN2OS/c1-19-14-6-5-11(8-13(14)16)10-20-15-17-9-12-4-2-3-7-18(12)15/h2-9H,10H2,1H3. The molecule has 0 radical (unpaired) electrons. The molecule has 0 amide bonds. The van der Waals surface area contributed by atoms with Gasteiger partial charge in [0.05, 0.1) is 18.8 Å². The highest BCUT2D eigenvalue weighted by molar-refractivity contribution is 7.98. The molecule has 0 fully saturated rings. The molecule has 102 valence electrons. The van der Waals surface area contributed by atoms with E-state index in [1.165, 1.54) is 13.2 Å². The normalized spacial score (nSPS) is 10.9. The molecule has 0 aliphatic carbocycles. The molecule has 20 heavy (non-hydrogen) atoms. The number of pyridine rings is 1. The van der Waals surface area contributed by atoms with Crippen LogP contribution in [-0.2, 0) is 5.75 Å². The molecule has 5 heteroatoms. The molecule has 0 aliphatic heterocycles. The van der Waals surface area contributed by atoms with E-state index in [2.05, 4.69) is 4.98 Å². The van der Waals surface area contributed by atoms with Gasteiger partial charge < -0.3 is 4.74 Å². The molecule has 0 bridgehead atoms. The second-order valence-electron chi connectivity index (χ2n) is 4.29. The number of nitrogens with zero attached hydrogens (tertiary/aromatic N) is 2. The Bertz CT molecular complexity index is 742. The van der Waals surface area contributed by atoms with Crippen molar-refractivity contribution in [2.45, 2.75) is 10.9 Å². The van der Waals surface area contributed by atoms with Gasteiger partial charge in [-0.15, -0.1) is 0 Å². The quantitative estimate of drug-likeness (QED) is 0.684. The fourth-order valence-corrected chi connectivity index (χ4v) is 2.88. The lowest BCUT2D eigenvalue weighted by molar-refractivity contribution is 0.386. The van der Waals surface area contributed by atoms with E-state index in [4.69, 9.17) is 4.74 Å². The smallest absolute Gasteiger partial charge is 0.172 e. The first kappa shape index (κ1) is 13.0. The van der Waals surface area contributed by atoms with E-state index < -0.39 is 0 Å². The zero-order valence-electron chi connectivity index (χ0n) is 10.9. The van der Waals surface area contributed by atoms with E-state index in [0.29, 0.717) is 5.75 Å². The van der Waals surface area contributed by atoms with E-state index in [9.17, 15) is 4.39 Å². The van der Waals surface area contributed by atoms with Crippen molar-refractivity contribution in [3.05, 3.63) is 60.2 Å². The molecule has 1 aromatic carbocycles. The van der Waals surface area contributed by atoms with Gasteiger partial charge in [0.15, 0.2) is 16.7 Å². The molecule has 3 nitrogen and oxygen atoms in total. The summed E-state index contributed by atoms with van der Waals surface area (Å²) in [5.41, 5.74) is 1.96. The van der Waals surface area contributed by atoms with Crippen LogP contribution in [-0.4, -0.2) is 16.5 Å². The molecule has 3 rings (SSSR count). The van der Waals surface area contributed by atoms with Crippen LogP contribution in [0.15, 0.2) is 53.9 Å². The second-order valence-corrected chi connectivity index (χ2v) is 5.24. The van der Waals surface area contributed by atoms with Gasteiger partial charge in [-0.05, 0) is 29.8 Å². The molecule has 0 atom stereocenters. The number of methoxy groups -OCH3 is 1. The third-order valence-corrected chi connectivity index (χ3v) is 4.03. The van der Waals surface area contributed by atoms with Gasteiger partial charge in [0, 0.05) is 11.9 Å². The Morgan fingerprint density at radius 3 is 3.00 bits per heavy atom. The van der Waals surface area contributed by atoms with Crippen molar-refractivity contribution >= 4 is 17.3 Å². The van der Waals surface area contributed by atoms with Crippen LogP contribution in [0.1, 0.15) is 5.56 Å². The summed E-state index contributed by atoms with van der Waals surface area (Å²) in [4.78, 5) is 4.37. The number of thioether (sulfide) groups is 1. The summed E-state index contributed by atoms with van der Waals surface area (Å²) in [6.45, 7) is 0. The maximum atomic E-state index is 13.6. The monoisotopic (exact) mass is 288 g/mol. The summed E-state index contributed by atoms with van der Waals surface area (Å²) >= 11 is 1.58. The highest BCUT2D eigenvalue weighted by atomic mass is 32.2. The SMILES string of the molecule is COc1ccc(CSc2ncc3ccccn23)cc1F. The van der Waals surface area contributed by atoms with Gasteiger partial charge in [0.1, 0.15) is 0 Å². The minimum Gasteiger partial charge on any atom is -0.494 e. The molecule has 2 heterocycles. The maximum absolute atomic E-state index is 13.6. The fraction of sp³-hybridized carbons (Fsp3) is 0.133. The van der Waals surface area contributed by atoms with Crippen molar-refractivity contribution in [1.29, 1.82) is 0 Å². The van der Waals surface area contributed by atoms with Gasteiger partial charge >= 0.3 is 0 Å². The third-order valence-electron chi connectivity index (χ3n) is 2.99. The van der Waals surface area contributed by atoms with Gasteiger partial charge in [-0.1, -0.05) is 23.9 Å². The summed E-state index contributed by atoms with van der Waals surface area (Å²) < 4.78 is 20.5. The van der Waals surface area contributed by atoms with Crippen LogP contribution in [0.3, 0.4) is 0 Å². The highest BCUT2D eigenvalue weighted by Crippen LogP contribution is 2.25. The van der Waals surface area contributed by atoms with E-state index in [1.807, 2.05) is 41.1 Å². The first-order valence-corrected chi connectivity index (χ1v) is 7.14. The minimum absolute atomic E-state index is 0.269. The highest BCUT2D eigenvalue weighted by Gasteiger charge is 2.06. The molecule has 0 saturated heterocycles. The fourth-order valence-electron chi connectivity index (χ4n) is 1.97. The zero-order valence-corrected chi connectivity index (χ0v) is 11.7. The summed E-state index contributed by atoms with van der Waals surface area (Å²) in [5.74, 6) is 0.596. The van der Waals surface area contributed by atoms with Gasteiger partial charge in [-0.3, -0.25) is 4.40 Å². The van der Waals surface area contributed by atoms with Gasteiger partial charge in [-0.2, -0.15) is 0 Å². The number of rotatable bonds is 4. The van der Waals surface area contributed by atoms with E-state index in [-0.39, 0.29) is 11.6 Å². The Balaban J connectivity index is 1.78. The number of halogens is 1. The predicted octanol–water partition coefficient (Wildman–Crippen LogP) is 3.77. The lowest BCUT2D eigenvalue weighted by atomic mass is 10.2. The van der Waals surface area contributed by atoms with Gasteiger partial charge in [0.2, 0.25) is 0 Å². The number of hydrogen-bond acceptors (Lipinski definition) is 3. The molecular weight excluding hydrogens is 275 g/mol. The summed E-state index contributed by atoms with van der Waals surface area (Å²) in [5, 5.41) is 0.900. The van der Waals surface area contributed by atoms with E-state index in [0.717, 1.165) is 16.2 Å². The number of fused-ring (bicyclic) bond motifs is 1. The van der Waals surface area contributed by atoms with Crippen molar-refractivity contribution in [3.63, 3.8) is 0 Å². The molecule has 0 saturated carbocycles. The number of imidazole rings is 1.